The quantitative estimate of drug-likeness (QED) is 0.868. The molecular formula is C15H22BrNO3. The number of halogens is 1. The summed E-state index contributed by atoms with van der Waals surface area (Å²) in [6.07, 6.45) is -0.0709. The van der Waals surface area contributed by atoms with E-state index < -0.39 is 17.3 Å². The van der Waals surface area contributed by atoms with Gasteiger partial charge in [-0.25, -0.2) is 4.79 Å². The number of anilines is 1. The lowest BCUT2D eigenvalue weighted by Crippen LogP contribution is -2.28. The highest BCUT2D eigenvalue weighted by Crippen LogP contribution is 2.25. The molecule has 20 heavy (non-hydrogen) atoms. The smallest absolute Gasteiger partial charge is 0.412 e. The second-order valence-electron chi connectivity index (χ2n) is 6.42. The molecule has 0 fully saturated rings. The van der Waals surface area contributed by atoms with Crippen LogP contribution in [0, 0.1) is 0 Å². The summed E-state index contributed by atoms with van der Waals surface area (Å²) >= 11 is 3.37. The van der Waals surface area contributed by atoms with E-state index in [2.05, 4.69) is 21.2 Å². The average molecular weight is 344 g/mol. The molecule has 112 valence electrons. The summed E-state index contributed by atoms with van der Waals surface area (Å²) in [6.45, 7) is 8.89. The highest BCUT2D eigenvalue weighted by molar-refractivity contribution is 9.10. The second-order valence-corrected chi connectivity index (χ2v) is 7.33. The van der Waals surface area contributed by atoms with Crippen molar-refractivity contribution in [1.82, 2.24) is 0 Å². The van der Waals surface area contributed by atoms with Gasteiger partial charge in [-0.1, -0.05) is 22.0 Å². The summed E-state index contributed by atoms with van der Waals surface area (Å²) in [5.41, 5.74) is 0.0901. The first-order valence-electron chi connectivity index (χ1n) is 6.47. The molecule has 5 heteroatoms. The normalized spacial score (nSPS) is 12.2. The number of benzene rings is 1. The minimum absolute atomic E-state index is 0.436. The van der Waals surface area contributed by atoms with E-state index in [0.717, 1.165) is 10.0 Å². The Labute approximate surface area is 128 Å². The van der Waals surface area contributed by atoms with Crippen molar-refractivity contribution in [1.29, 1.82) is 0 Å². The van der Waals surface area contributed by atoms with Gasteiger partial charge in [0.2, 0.25) is 0 Å². The molecule has 0 saturated carbocycles. The van der Waals surface area contributed by atoms with E-state index in [4.69, 9.17) is 4.74 Å². The predicted octanol–water partition coefficient (Wildman–Crippen LogP) is 4.11. The topological polar surface area (TPSA) is 58.6 Å². The van der Waals surface area contributed by atoms with Gasteiger partial charge in [-0.2, -0.15) is 0 Å². The monoisotopic (exact) mass is 343 g/mol. The standard InChI is InChI=1S/C15H22BrNO3/c1-14(2,3)20-13(18)17-12-8-11(16)7-6-10(12)9-15(4,5)19/h6-8,19H,9H2,1-5H3,(H,17,18). The van der Waals surface area contributed by atoms with Crippen LogP contribution in [0.2, 0.25) is 0 Å². The molecule has 1 aromatic carbocycles. The Hall–Kier alpha value is -1.07. The summed E-state index contributed by atoms with van der Waals surface area (Å²) in [4.78, 5) is 11.8. The molecule has 0 aromatic heterocycles. The van der Waals surface area contributed by atoms with Crippen molar-refractivity contribution in [3.8, 4) is 0 Å². The summed E-state index contributed by atoms with van der Waals surface area (Å²) in [6, 6.07) is 5.54. The Kier molecular flexibility index (Phi) is 5.21. The van der Waals surface area contributed by atoms with Gasteiger partial charge in [-0.15, -0.1) is 0 Å². The zero-order valence-corrected chi connectivity index (χ0v) is 14.2. The number of hydrogen-bond donors (Lipinski definition) is 2. The van der Waals surface area contributed by atoms with Gasteiger partial charge in [0, 0.05) is 16.6 Å². The molecule has 0 bridgehead atoms. The summed E-state index contributed by atoms with van der Waals surface area (Å²) < 4.78 is 6.09. The molecule has 1 aromatic rings. The molecule has 1 amide bonds. The molecule has 0 aliphatic carbocycles. The third kappa shape index (κ3) is 6.39. The molecular weight excluding hydrogens is 322 g/mol. The van der Waals surface area contributed by atoms with Crippen LogP contribution in [0.1, 0.15) is 40.2 Å². The maximum atomic E-state index is 11.8. The molecule has 0 spiro atoms. The Morgan fingerprint density at radius 2 is 1.90 bits per heavy atom. The van der Waals surface area contributed by atoms with E-state index in [0.29, 0.717) is 12.1 Å². The lowest BCUT2D eigenvalue weighted by atomic mass is 9.97. The van der Waals surface area contributed by atoms with Gasteiger partial charge >= 0.3 is 6.09 Å². The van der Waals surface area contributed by atoms with Crippen molar-refractivity contribution in [2.75, 3.05) is 5.32 Å². The van der Waals surface area contributed by atoms with Gasteiger partial charge in [0.25, 0.3) is 0 Å². The van der Waals surface area contributed by atoms with E-state index >= 15 is 0 Å². The number of carbonyl (C=O) groups excluding carboxylic acids is 1. The fourth-order valence-corrected chi connectivity index (χ4v) is 2.06. The van der Waals surface area contributed by atoms with Crippen LogP contribution in [-0.2, 0) is 11.2 Å². The predicted molar refractivity (Wildman–Crippen MR) is 84.0 cm³/mol. The SMILES string of the molecule is CC(C)(O)Cc1ccc(Br)cc1NC(=O)OC(C)(C)C. The molecule has 0 radical (unpaired) electrons. The van der Waals surface area contributed by atoms with Crippen molar-refractivity contribution >= 4 is 27.7 Å². The molecule has 0 atom stereocenters. The third-order valence-corrected chi connectivity index (χ3v) is 2.82. The van der Waals surface area contributed by atoms with Crippen LogP contribution in [0.5, 0.6) is 0 Å². The lowest BCUT2D eigenvalue weighted by molar-refractivity contribution is 0.0632. The lowest BCUT2D eigenvalue weighted by Gasteiger charge is -2.22. The Morgan fingerprint density at radius 3 is 2.40 bits per heavy atom. The van der Waals surface area contributed by atoms with Crippen LogP contribution in [0.4, 0.5) is 10.5 Å². The van der Waals surface area contributed by atoms with Crippen LogP contribution in [0.3, 0.4) is 0 Å². The van der Waals surface area contributed by atoms with Gasteiger partial charge in [-0.05, 0) is 52.3 Å². The number of rotatable bonds is 3. The van der Waals surface area contributed by atoms with Crippen molar-refractivity contribution < 1.29 is 14.6 Å². The Morgan fingerprint density at radius 1 is 1.30 bits per heavy atom. The number of carbonyl (C=O) groups is 1. The van der Waals surface area contributed by atoms with Gasteiger partial charge in [-0.3, -0.25) is 5.32 Å². The van der Waals surface area contributed by atoms with Crippen LogP contribution >= 0.6 is 15.9 Å². The van der Waals surface area contributed by atoms with E-state index in [9.17, 15) is 9.90 Å². The van der Waals surface area contributed by atoms with Crippen LogP contribution in [-0.4, -0.2) is 22.4 Å². The van der Waals surface area contributed by atoms with E-state index in [1.807, 2.05) is 32.9 Å². The van der Waals surface area contributed by atoms with E-state index in [1.165, 1.54) is 0 Å². The summed E-state index contributed by atoms with van der Waals surface area (Å²) in [7, 11) is 0. The number of aliphatic hydroxyl groups is 1. The van der Waals surface area contributed by atoms with Crippen LogP contribution < -0.4 is 5.32 Å². The van der Waals surface area contributed by atoms with Gasteiger partial charge in [0.05, 0.1) is 5.60 Å². The third-order valence-electron chi connectivity index (χ3n) is 2.33. The zero-order valence-electron chi connectivity index (χ0n) is 12.6. The van der Waals surface area contributed by atoms with Crippen LogP contribution in [0.15, 0.2) is 22.7 Å². The zero-order chi connectivity index (χ0) is 15.6. The highest BCUT2D eigenvalue weighted by atomic mass is 79.9. The number of amides is 1. The van der Waals surface area contributed by atoms with Crippen molar-refractivity contribution in [3.63, 3.8) is 0 Å². The van der Waals surface area contributed by atoms with Crippen molar-refractivity contribution in [2.24, 2.45) is 0 Å². The molecule has 2 N–H and O–H groups in total. The number of ether oxygens (including phenoxy) is 1. The minimum Gasteiger partial charge on any atom is -0.444 e. The van der Waals surface area contributed by atoms with Crippen molar-refractivity contribution in [2.45, 2.75) is 52.2 Å². The molecule has 0 unspecified atom stereocenters. The average Bonchev–Trinajstić information content (AvgIpc) is 2.17. The molecule has 0 aliphatic rings. The summed E-state index contributed by atoms with van der Waals surface area (Å²) in [5, 5.41) is 12.7. The van der Waals surface area contributed by atoms with Crippen LogP contribution in [0.25, 0.3) is 0 Å². The molecule has 4 nitrogen and oxygen atoms in total. The maximum absolute atomic E-state index is 11.8. The molecule has 0 saturated heterocycles. The summed E-state index contributed by atoms with van der Waals surface area (Å²) in [5.74, 6) is 0. The first-order chi connectivity index (χ1) is 8.96. The van der Waals surface area contributed by atoms with Gasteiger partial charge in [0.15, 0.2) is 0 Å². The van der Waals surface area contributed by atoms with Gasteiger partial charge in [0.1, 0.15) is 5.60 Å². The maximum Gasteiger partial charge on any atom is 0.412 e. The largest absolute Gasteiger partial charge is 0.444 e. The number of nitrogens with one attached hydrogen (secondary N) is 1. The van der Waals surface area contributed by atoms with E-state index in [1.54, 1.807) is 19.9 Å². The number of hydrogen-bond acceptors (Lipinski definition) is 3. The fourth-order valence-electron chi connectivity index (χ4n) is 1.70. The second kappa shape index (κ2) is 6.14. The first kappa shape index (κ1) is 17.0. The minimum atomic E-state index is -0.849. The highest BCUT2D eigenvalue weighted by Gasteiger charge is 2.20. The van der Waals surface area contributed by atoms with Crippen molar-refractivity contribution in [3.05, 3.63) is 28.2 Å². The fraction of sp³-hybridized carbons (Fsp3) is 0.533. The Balaban J connectivity index is 2.93. The Bertz CT molecular complexity index is 487. The molecule has 0 aliphatic heterocycles. The first-order valence-corrected chi connectivity index (χ1v) is 7.26. The molecule has 0 heterocycles. The molecule has 1 rings (SSSR count). The van der Waals surface area contributed by atoms with Gasteiger partial charge < -0.3 is 9.84 Å². The van der Waals surface area contributed by atoms with E-state index in [-0.39, 0.29) is 0 Å².